The Labute approximate surface area is 524 Å². The van der Waals surface area contributed by atoms with Gasteiger partial charge in [0.05, 0.1) is 11.5 Å². The van der Waals surface area contributed by atoms with Crippen LogP contribution in [0.5, 0.6) is 0 Å². The van der Waals surface area contributed by atoms with Gasteiger partial charge in [0, 0.05) is 43.7 Å². The van der Waals surface area contributed by atoms with Crippen molar-refractivity contribution in [1.29, 1.82) is 0 Å². The van der Waals surface area contributed by atoms with Crippen LogP contribution in [0.25, 0.3) is 22.3 Å². The van der Waals surface area contributed by atoms with Crippen LogP contribution in [0.15, 0.2) is 170 Å². The highest BCUT2D eigenvalue weighted by Crippen LogP contribution is 2.44. The van der Waals surface area contributed by atoms with Gasteiger partial charge in [0.15, 0.2) is 0 Å². The van der Waals surface area contributed by atoms with Crippen LogP contribution in [0.1, 0.15) is 132 Å². The summed E-state index contributed by atoms with van der Waals surface area (Å²) in [5.74, 6) is -2.57. The molecule has 6 aromatic carbocycles. The number of likely N-dealkylation sites (tertiary alicyclic amines) is 2. The molecule has 15 heteroatoms. The molecule has 464 valence electrons. The number of nitrogens with two attached hydrogens (primary N) is 1. The lowest BCUT2D eigenvalue weighted by molar-refractivity contribution is -0.156. The third-order valence-electron chi connectivity index (χ3n) is 17.6. The van der Waals surface area contributed by atoms with Crippen LogP contribution in [0.3, 0.4) is 0 Å². The molecule has 0 spiro atoms. The number of ketones is 3. The molecule has 6 aromatic rings. The fraction of sp³-hybridized carbons (Fsp3) is 0.397. The van der Waals surface area contributed by atoms with Crippen molar-refractivity contribution in [3.05, 3.63) is 192 Å². The molecule has 0 unspecified atom stereocenters. The summed E-state index contributed by atoms with van der Waals surface area (Å²) in [5.41, 5.74) is 13.1. The molecule has 4 aliphatic rings. The van der Waals surface area contributed by atoms with Crippen LogP contribution >= 0.6 is 12.4 Å². The number of Topliss-reactive ketones (excluding diaryl/α,β-unsaturated/α-hetero) is 3. The molecule has 2 saturated carbocycles. The average molecular weight is 1210 g/mol. The van der Waals surface area contributed by atoms with Gasteiger partial charge in [-0.1, -0.05) is 196 Å². The number of halogens is 1. The molecule has 3 N–H and O–H groups in total. The van der Waals surface area contributed by atoms with Gasteiger partial charge in [0.1, 0.15) is 42.6 Å². The van der Waals surface area contributed by atoms with Gasteiger partial charge >= 0.3 is 17.9 Å². The summed E-state index contributed by atoms with van der Waals surface area (Å²) in [6.07, 6.45) is 10.4. The molecule has 4 fully saturated rings. The Morgan fingerprint density at radius 3 is 1.25 bits per heavy atom. The lowest BCUT2D eigenvalue weighted by atomic mass is 9.74. The van der Waals surface area contributed by atoms with Crippen molar-refractivity contribution in [2.45, 2.75) is 154 Å². The van der Waals surface area contributed by atoms with Crippen molar-refractivity contribution in [1.82, 2.24) is 9.80 Å². The summed E-state index contributed by atoms with van der Waals surface area (Å²) in [6, 6.07) is 53.6. The molecule has 2 heterocycles. The molecule has 88 heavy (non-hydrogen) atoms. The molecule has 2 aliphatic heterocycles. The number of benzene rings is 6. The largest absolute Gasteiger partial charge is 0.481 e. The first-order chi connectivity index (χ1) is 42.0. The number of esters is 2. The van der Waals surface area contributed by atoms with Crippen LogP contribution in [0.2, 0.25) is 0 Å². The third kappa shape index (κ3) is 18.5. The highest BCUT2D eigenvalue weighted by atomic mass is 35.5. The molecule has 2 saturated heterocycles. The van der Waals surface area contributed by atoms with Crippen LogP contribution in [0.4, 0.5) is 0 Å². The summed E-state index contributed by atoms with van der Waals surface area (Å²) in [5, 5.41) is 8.96. The van der Waals surface area contributed by atoms with Crippen LogP contribution < -0.4 is 5.73 Å². The van der Waals surface area contributed by atoms with Crippen molar-refractivity contribution in [2.75, 3.05) is 13.1 Å². The quantitative estimate of drug-likeness (QED) is 0.0609. The summed E-state index contributed by atoms with van der Waals surface area (Å²) < 4.78 is 11.1. The molecule has 0 bridgehead atoms. The zero-order valence-corrected chi connectivity index (χ0v) is 51.6. The second-order valence-electron chi connectivity index (χ2n) is 24.1. The van der Waals surface area contributed by atoms with Crippen molar-refractivity contribution >= 4 is 59.5 Å². The Kier molecular flexibility index (Phi) is 25.1. The first-order valence-corrected chi connectivity index (χ1v) is 30.8. The second-order valence-corrected chi connectivity index (χ2v) is 24.1. The normalized spacial score (nSPS) is 17.8. The monoisotopic (exact) mass is 1210 g/mol. The maximum atomic E-state index is 14.2. The number of ether oxygens (including phenoxy) is 2. The second kappa shape index (κ2) is 32.8. The number of nitrogens with zero attached hydrogens (tertiary/aromatic N) is 2. The van der Waals surface area contributed by atoms with E-state index >= 15 is 0 Å². The number of rotatable bonds is 22. The predicted octanol–water partition coefficient (Wildman–Crippen LogP) is 12.7. The summed E-state index contributed by atoms with van der Waals surface area (Å²) >= 11 is 0. The number of carboxylic acids is 1. The van der Waals surface area contributed by atoms with Crippen LogP contribution in [-0.4, -0.2) is 93.2 Å². The van der Waals surface area contributed by atoms with E-state index in [0.29, 0.717) is 70.9 Å². The Balaban J connectivity index is 0.000000215. The van der Waals surface area contributed by atoms with Gasteiger partial charge in [-0.3, -0.25) is 28.8 Å². The van der Waals surface area contributed by atoms with Crippen LogP contribution in [0, 0.1) is 16.7 Å². The van der Waals surface area contributed by atoms with Crippen molar-refractivity contribution in [3.8, 4) is 22.3 Å². The Bertz CT molecular complexity index is 3260. The van der Waals surface area contributed by atoms with Gasteiger partial charge < -0.3 is 30.1 Å². The molecular weight excluding hydrogens is 1130 g/mol. The van der Waals surface area contributed by atoms with Gasteiger partial charge in [0.25, 0.3) is 0 Å². The summed E-state index contributed by atoms with van der Waals surface area (Å²) in [6.45, 7) is 4.35. The van der Waals surface area contributed by atoms with E-state index in [9.17, 15) is 38.4 Å². The van der Waals surface area contributed by atoms with Crippen molar-refractivity contribution < 1.29 is 52.9 Å². The number of hydrogen-bond acceptors (Lipinski definition) is 11. The van der Waals surface area contributed by atoms with E-state index in [1.807, 2.05) is 146 Å². The number of carboxylic acid groups (broad SMARTS) is 1. The Morgan fingerprint density at radius 1 is 0.477 bits per heavy atom. The van der Waals surface area contributed by atoms with Crippen LogP contribution in [-0.2, 0) is 73.9 Å². The maximum Gasteiger partial charge on any atom is 0.329 e. The standard InChI is InChI=1S/C37H41NO5.C27H28N2O3.C9H14O3.ClH/c1-27(39)25-37(20-8-9-21-37)34(40)24-32(23-28-16-18-31(19-17-28)30-13-6-3-7-14-30)35(41)38-22-10-15-33(38)36(42)43-26-29-11-4-2-5-12-29;28-24(18-20-13-15-23(16-14-20)22-10-5-2-6-11-22)26(30)29-17-7-12-25(29)27(31)32-19-21-8-3-1-4-9-21;1-7(10)6-9(8(11)12)4-2-3-5-9;/h2-7,11-14,16-19,32-33H,8-10,15,20-26H2,1H3;1-6,8-11,13-16,24-25H,7,12,17-19,28H2;2-6H2,1H3,(H,11,12);1H/t32-,33+;24-,25-;;/m10../s1. The van der Waals surface area contributed by atoms with E-state index in [4.69, 9.17) is 20.3 Å². The minimum absolute atomic E-state index is 0. The van der Waals surface area contributed by atoms with Gasteiger partial charge in [-0.2, -0.15) is 0 Å². The minimum atomic E-state index is -0.796. The molecule has 2 amide bonds. The molecule has 0 aromatic heterocycles. The number of carbonyl (C=O) groups is 8. The van der Waals surface area contributed by atoms with E-state index in [-0.39, 0.29) is 80.0 Å². The maximum absolute atomic E-state index is 14.2. The number of hydrogen-bond donors (Lipinski definition) is 2. The average Bonchev–Trinajstić information content (AvgIpc) is 3.31. The van der Waals surface area contributed by atoms with E-state index in [2.05, 4.69) is 24.3 Å². The van der Waals surface area contributed by atoms with Gasteiger partial charge in [-0.15, -0.1) is 12.4 Å². The van der Waals surface area contributed by atoms with E-state index in [1.54, 1.807) is 16.7 Å². The van der Waals surface area contributed by atoms with Gasteiger partial charge in [0.2, 0.25) is 11.8 Å². The number of carbonyl (C=O) groups excluding carboxylic acids is 7. The number of amides is 2. The Morgan fingerprint density at radius 2 is 0.841 bits per heavy atom. The van der Waals surface area contributed by atoms with E-state index in [0.717, 1.165) is 76.6 Å². The first-order valence-electron chi connectivity index (χ1n) is 30.8. The smallest absolute Gasteiger partial charge is 0.329 e. The van der Waals surface area contributed by atoms with Gasteiger partial charge in [-0.05, 0) is 123 Å². The fourth-order valence-corrected chi connectivity index (χ4v) is 13.0. The predicted molar refractivity (Wildman–Crippen MR) is 341 cm³/mol. The molecule has 10 rings (SSSR count). The highest BCUT2D eigenvalue weighted by Gasteiger charge is 2.46. The van der Waals surface area contributed by atoms with Crippen molar-refractivity contribution in [2.24, 2.45) is 22.5 Å². The highest BCUT2D eigenvalue weighted by molar-refractivity contribution is 5.95. The molecule has 4 atom stereocenters. The SMILES string of the molecule is CC(=O)CC1(C(=O)C[C@@H](Cc2ccc(-c3ccccc3)cc2)C(=O)N2CCC[C@H]2C(=O)OCc2ccccc2)CCCC1.CC(=O)CC1(C(=O)O)CCCC1.Cl.N[C@@H](Cc1ccc(-c2ccccc2)cc1)C(=O)N1CCC[C@H]1C(=O)OCc1ccccc1. The van der Waals surface area contributed by atoms with Crippen molar-refractivity contribution in [3.63, 3.8) is 0 Å². The summed E-state index contributed by atoms with van der Waals surface area (Å²) in [7, 11) is 0. The molecular formula is C73H84ClN3O11. The Hall–Kier alpha value is -8.07. The first kappa shape index (κ1) is 67.4. The molecule has 14 nitrogen and oxygen atoms in total. The third-order valence-corrected chi connectivity index (χ3v) is 17.6. The number of aliphatic carboxylic acids is 1. The lowest BCUT2D eigenvalue weighted by Gasteiger charge is -2.31. The summed E-state index contributed by atoms with van der Waals surface area (Å²) in [4.78, 5) is 104. The lowest BCUT2D eigenvalue weighted by Crippen LogP contribution is -2.49. The molecule has 0 radical (unpaired) electrons. The zero-order chi connectivity index (χ0) is 61.8. The van der Waals surface area contributed by atoms with E-state index in [1.165, 1.54) is 6.92 Å². The zero-order valence-electron chi connectivity index (χ0n) is 50.7. The molecule has 2 aliphatic carbocycles. The topological polar surface area (TPSA) is 208 Å². The fourth-order valence-electron chi connectivity index (χ4n) is 13.0. The van der Waals surface area contributed by atoms with Gasteiger partial charge in [-0.25, -0.2) is 9.59 Å². The van der Waals surface area contributed by atoms with E-state index < -0.39 is 46.8 Å². The minimum Gasteiger partial charge on any atom is -0.481 e.